The lowest BCUT2D eigenvalue weighted by atomic mass is 10.2. The van der Waals surface area contributed by atoms with Crippen LogP contribution in [0.5, 0.6) is 0 Å². The number of imidazole rings is 3. The summed E-state index contributed by atoms with van der Waals surface area (Å²) in [5, 5.41) is 0.760. The molecule has 0 aliphatic carbocycles. The largest absolute Gasteiger partial charge is 0.364 e. The molecule has 3 N–H and O–H groups in total. The normalized spacial score (nSPS) is 10.7. The molecule has 0 fully saturated rings. The number of rotatable bonds is 12. The van der Waals surface area contributed by atoms with Crippen molar-refractivity contribution in [2.24, 2.45) is 0 Å². The van der Waals surface area contributed by atoms with E-state index in [2.05, 4.69) is 97.7 Å². The molecule has 3 aromatic carbocycles. The van der Waals surface area contributed by atoms with Gasteiger partial charge in [-0.1, -0.05) is 29.8 Å². The van der Waals surface area contributed by atoms with Gasteiger partial charge in [-0.25, -0.2) is 23.7 Å². The van der Waals surface area contributed by atoms with Gasteiger partial charge in [0.05, 0.1) is 37.3 Å². The second-order valence-corrected chi connectivity index (χ2v) is 13.0. The second kappa shape index (κ2) is 19.3. The molecule has 51 heavy (non-hydrogen) atoms. The Morgan fingerprint density at radius 2 is 1.41 bits per heavy atom. The highest BCUT2D eigenvalue weighted by atomic mass is 35.5. The van der Waals surface area contributed by atoms with Crippen LogP contribution >= 0.6 is 11.6 Å². The summed E-state index contributed by atoms with van der Waals surface area (Å²) >= 11 is 5.98. The number of H-pyrrole nitrogens is 3. The zero-order valence-electron chi connectivity index (χ0n) is 30.1. The highest BCUT2D eigenvalue weighted by Crippen LogP contribution is 2.25. The number of halogens is 3. The van der Waals surface area contributed by atoms with E-state index in [0.717, 1.165) is 59.8 Å². The Labute approximate surface area is 304 Å². The number of benzene rings is 3. The molecule has 3 heterocycles. The van der Waals surface area contributed by atoms with Crippen molar-refractivity contribution in [1.82, 2.24) is 29.9 Å². The third-order valence-corrected chi connectivity index (χ3v) is 8.25. The minimum absolute atomic E-state index is 0.0459. The third-order valence-electron chi connectivity index (χ3n) is 8.02. The van der Waals surface area contributed by atoms with E-state index in [1.54, 1.807) is 29.8 Å². The van der Waals surface area contributed by atoms with Crippen molar-refractivity contribution in [2.45, 2.75) is 73.3 Å². The van der Waals surface area contributed by atoms with Gasteiger partial charge >= 0.3 is 0 Å². The lowest BCUT2D eigenvalue weighted by Gasteiger charge is -2.28. The van der Waals surface area contributed by atoms with E-state index < -0.39 is 11.6 Å². The SMILES string of the molecule is CC(C)N(Cc1cnc[nH]1)c1cc(F)ccc1F.CCN(Cc1ncc[nH]1)c1cccc(Cl)c1.Cc1cccc(N(Cc2ncc[nH]2)C(C)C)c1. The molecule has 6 rings (SSSR count). The number of nitrogens with zero attached hydrogens (tertiary/aromatic N) is 6. The molecule has 0 spiro atoms. The molecule has 270 valence electrons. The molecule has 0 saturated carbocycles. The molecule has 0 aliphatic heterocycles. The predicted molar refractivity (Wildman–Crippen MR) is 204 cm³/mol. The first-order valence-electron chi connectivity index (χ1n) is 17.0. The topological polar surface area (TPSA) is 95.8 Å². The zero-order chi connectivity index (χ0) is 36.8. The Morgan fingerprint density at radius 3 is 1.98 bits per heavy atom. The van der Waals surface area contributed by atoms with Crippen LogP contribution in [0, 0.1) is 18.6 Å². The fourth-order valence-electron chi connectivity index (χ4n) is 5.35. The molecular formula is C39H48ClF2N9. The van der Waals surface area contributed by atoms with E-state index in [9.17, 15) is 8.78 Å². The highest BCUT2D eigenvalue weighted by Gasteiger charge is 2.17. The fourth-order valence-corrected chi connectivity index (χ4v) is 5.54. The number of aromatic amines is 3. The minimum atomic E-state index is -0.443. The Kier molecular flexibility index (Phi) is 14.6. The third kappa shape index (κ3) is 12.0. The number of anilines is 3. The van der Waals surface area contributed by atoms with Gasteiger partial charge in [0.2, 0.25) is 0 Å². The van der Waals surface area contributed by atoms with E-state index in [4.69, 9.17) is 11.6 Å². The van der Waals surface area contributed by atoms with Crippen molar-refractivity contribution in [3.8, 4) is 0 Å². The Bertz CT molecular complexity index is 1840. The van der Waals surface area contributed by atoms with Gasteiger partial charge in [0, 0.05) is 72.1 Å². The standard InChI is InChI=1S/C14H19N3.C13H15F2N3.C12H14ClN3/c1-11(2)17(10-14-15-7-8-16-14)13-6-4-5-12(3)9-13;1-9(2)18(7-11-6-16-8-17-11)13-5-10(14)3-4-12(13)15;1-2-16(9-12-14-6-7-15-12)11-5-3-4-10(13)8-11/h4-9,11H,10H2,1-3H3,(H,15,16);3-6,8-9H,7H2,1-2H3,(H,16,17);3-8H,2,9H2,1H3,(H,14,15). The second-order valence-electron chi connectivity index (χ2n) is 12.5. The first kappa shape index (κ1) is 38.6. The lowest BCUT2D eigenvalue weighted by molar-refractivity contribution is 0.578. The van der Waals surface area contributed by atoms with Gasteiger partial charge in [-0.15, -0.1) is 0 Å². The maximum absolute atomic E-state index is 13.8. The number of aromatic nitrogens is 6. The lowest BCUT2D eigenvalue weighted by Crippen LogP contribution is -2.31. The molecular weight excluding hydrogens is 668 g/mol. The Hall–Kier alpha value is -5.16. The van der Waals surface area contributed by atoms with E-state index in [-0.39, 0.29) is 11.7 Å². The number of hydrogen-bond donors (Lipinski definition) is 3. The molecule has 0 saturated heterocycles. The average Bonchev–Trinajstić information content (AvgIpc) is 3.92. The molecule has 0 radical (unpaired) electrons. The van der Waals surface area contributed by atoms with Crippen LogP contribution in [0.3, 0.4) is 0 Å². The van der Waals surface area contributed by atoms with Crippen LogP contribution in [0.15, 0.2) is 104 Å². The van der Waals surface area contributed by atoms with E-state index in [1.807, 2.05) is 44.4 Å². The van der Waals surface area contributed by atoms with Crippen LogP contribution in [0.1, 0.15) is 57.5 Å². The highest BCUT2D eigenvalue weighted by molar-refractivity contribution is 6.30. The van der Waals surface area contributed by atoms with Crippen LogP contribution < -0.4 is 14.7 Å². The minimum Gasteiger partial charge on any atom is -0.364 e. The maximum Gasteiger partial charge on any atom is 0.146 e. The first-order valence-corrected chi connectivity index (χ1v) is 17.4. The molecule has 0 amide bonds. The number of hydrogen-bond acceptors (Lipinski definition) is 6. The van der Waals surface area contributed by atoms with Crippen LogP contribution in [0.2, 0.25) is 5.02 Å². The quantitative estimate of drug-likeness (QED) is 0.117. The molecule has 9 nitrogen and oxygen atoms in total. The molecule has 6 aromatic rings. The summed E-state index contributed by atoms with van der Waals surface area (Å²) in [4.78, 5) is 28.0. The smallest absolute Gasteiger partial charge is 0.146 e. The summed E-state index contributed by atoms with van der Waals surface area (Å²) in [7, 11) is 0. The van der Waals surface area contributed by atoms with Gasteiger partial charge in [0.15, 0.2) is 0 Å². The molecule has 0 atom stereocenters. The van der Waals surface area contributed by atoms with Gasteiger partial charge < -0.3 is 29.7 Å². The summed E-state index contributed by atoms with van der Waals surface area (Å²) in [6, 6.07) is 20.4. The van der Waals surface area contributed by atoms with Crippen molar-refractivity contribution in [2.75, 3.05) is 21.2 Å². The zero-order valence-corrected chi connectivity index (χ0v) is 30.9. The van der Waals surface area contributed by atoms with Crippen LogP contribution in [-0.4, -0.2) is 48.5 Å². The van der Waals surface area contributed by atoms with Gasteiger partial charge in [-0.3, -0.25) is 0 Å². The van der Waals surface area contributed by atoms with Gasteiger partial charge in [-0.2, -0.15) is 0 Å². The van der Waals surface area contributed by atoms with E-state index >= 15 is 0 Å². The molecule has 0 unspecified atom stereocenters. The van der Waals surface area contributed by atoms with Crippen molar-refractivity contribution < 1.29 is 8.78 Å². The predicted octanol–water partition coefficient (Wildman–Crippen LogP) is 9.33. The van der Waals surface area contributed by atoms with Gasteiger partial charge in [-0.05, 0) is 89.6 Å². The monoisotopic (exact) mass is 715 g/mol. The van der Waals surface area contributed by atoms with Crippen molar-refractivity contribution in [3.63, 3.8) is 0 Å². The average molecular weight is 716 g/mol. The Balaban J connectivity index is 0.000000172. The first-order chi connectivity index (χ1) is 24.5. The van der Waals surface area contributed by atoms with E-state index in [1.165, 1.54) is 17.3 Å². The molecule has 12 heteroatoms. The molecule has 0 aliphatic rings. The fraction of sp³-hybridized carbons (Fsp3) is 0.308. The maximum atomic E-state index is 13.8. The van der Waals surface area contributed by atoms with Gasteiger partial charge in [0.25, 0.3) is 0 Å². The van der Waals surface area contributed by atoms with Gasteiger partial charge in [0.1, 0.15) is 23.3 Å². The molecule has 3 aromatic heterocycles. The summed E-state index contributed by atoms with van der Waals surface area (Å²) in [6.07, 6.45) is 10.5. The molecule has 0 bridgehead atoms. The summed E-state index contributed by atoms with van der Waals surface area (Å²) in [6.45, 7) is 15.5. The van der Waals surface area contributed by atoms with Crippen molar-refractivity contribution in [1.29, 1.82) is 0 Å². The van der Waals surface area contributed by atoms with E-state index in [0.29, 0.717) is 12.6 Å². The van der Waals surface area contributed by atoms with Crippen molar-refractivity contribution in [3.05, 3.63) is 144 Å². The van der Waals surface area contributed by atoms with Crippen LogP contribution in [-0.2, 0) is 19.6 Å². The number of aryl methyl sites for hydroxylation is 1. The summed E-state index contributed by atoms with van der Waals surface area (Å²) in [5.74, 6) is 1.09. The Morgan fingerprint density at radius 1 is 0.745 bits per heavy atom. The van der Waals surface area contributed by atoms with Crippen LogP contribution in [0.25, 0.3) is 0 Å². The summed E-state index contributed by atoms with van der Waals surface area (Å²) < 4.78 is 27.0. The summed E-state index contributed by atoms with van der Waals surface area (Å²) in [5.41, 5.74) is 4.77. The van der Waals surface area contributed by atoms with Crippen molar-refractivity contribution >= 4 is 28.7 Å². The van der Waals surface area contributed by atoms with Crippen LogP contribution in [0.4, 0.5) is 25.8 Å². The number of nitrogens with one attached hydrogen (secondary N) is 3.